The summed E-state index contributed by atoms with van der Waals surface area (Å²) in [5, 5.41) is 12.4. The molecule has 0 radical (unpaired) electrons. The van der Waals surface area contributed by atoms with Gasteiger partial charge in [0.1, 0.15) is 0 Å². The van der Waals surface area contributed by atoms with Gasteiger partial charge in [-0.15, -0.1) is 0 Å². The average Bonchev–Trinajstić information content (AvgIpc) is 2.97. The van der Waals surface area contributed by atoms with Gasteiger partial charge in [-0.1, -0.05) is 26.7 Å². The zero-order chi connectivity index (χ0) is 11.3. The molecule has 3 heteroatoms. The number of carbonyl (C=O) groups is 1. The third-order valence-electron chi connectivity index (χ3n) is 3.01. The fourth-order valence-electron chi connectivity index (χ4n) is 1.52. The monoisotopic (exact) mass is 213 g/mol. The predicted octanol–water partition coefficient (Wildman–Crippen LogP) is 1.70. The number of hydrogen-bond donors (Lipinski definition) is 2. The van der Waals surface area contributed by atoms with E-state index in [9.17, 15) is 9.90 Å². The van der Waals surface area contributed by atoms with E-state index in [1.165, 1.54) is 12.8 Å². The van der Waals surface area contributed by atoms with Gasteiger partial charge in [-0.2, -0.15) is 0 Å². The van der Waals surface area contributed by atoms with Crippen molar-refractivity contribution in [3.63, 3.8) is 0 Å². The molecule has 1 saturated carbocycles. The van der Waals surface area contributed by atoms with Crippen LogP contribution in [0.5, 0.6) is 0 Å². The molecule has 1 rings (SSSR count). The van der Waals surface area contributed by atoms with Crippen LogP contribution in [0, 0.1) is 11.8 Å². The Morgan fingerprint density at radius 2 is 2.13 bits per heavy atom. The molecule has 88 valence electrons. The topological polar surface area (TPSA) is 49.3 Å². The average molecular weight is 213 g/mol. The number of hydrogen-bond acceptors (Lipinski definition) is 2. The van der Waals surface area contributed by atoms with Crippen LogP contribution in [0.1, 0.15) is 46.0 Å². The lowest BCUT2D eigenvalue weighted by molar-refractivity contribution is -0.121. The highest BCUT2D eigenvalue weighted by Crippen LogP contribution is 2.33. The molecule has 0 spiro atoms. The van der Waals surface area contributed by atoms with Crippen LogP contribution >= 0.6 is 0 Å². The predicted molar refractivity (Wildman–Crippen MR) is 60.4 cm³/mol. The third kappa shape index (κ3) is 5.78. The van der Waals surface area contributed by atoms with E-state index in [-0.39, 0.29) is 17.9 Å². The van der Waals surface area contributed by atoms with Crippen molar-refractivity contribution in [3.8, 4) is 0 Å². The minimum absolute atomic E-state index is 0.137. The van der Waals surface area contributed by atoms with Gasteiger partial charge in [0.2, 0.25) is 5.91 Å². The standard InChI is InChI=1S/C12H23NO2/c1-9(2)11(14)7-8-13-12(15)6-5-10-3-4-10/h9-11,14H,3-8H2,1-2H3,(H,13,15). The van der Waals surface area contributed by atoms with Crippen LogP contribution in [0.2, 0.25) is 0 Å². The van der Waals surface area contributed by atoms with Crippen molar-refractivity contribution in [1.82, 2.24) is 5.32 Å². The smallest absolute Gasteiger partial charge is 0.220 e. The molecule has 1 amide bonds. The lowest BCUT2D eigenvalue weighted by Crippen LogP contribution is -2.28. The minimum atomic E-state index is -0.297. The Hall–Kier alpha value is -0.570. The molecule has 0 aromatic heterocycles. The van der Waals surface area contributed by atoms with Crippen LogP contribution in [-0.4, -0.2) is 23.7 Å². The van der Waals surface area contributed by atoms with Crippen molar-refractivity contribution < 1.29 is 9.90 Å². The Morgan fingerprint density at radius 3 is 2.67 bits per heavy atom. The van der Waals surface area contributed by atoms with Crippen LogP contribution in [0.25, 0.3) is 0 Å². The molecular weight excluding hydrogens is 190 g/mol. The van der Waals surface area contributed by atoms with E-state index in [1.54, 1.807) is 0 Å². The van der Waals surface area contributed by atoms with Crippen molar-refractivity contribution in [2.45, 2.75) is 52.1 Å². The van der Waals surface area contributed by atoms with Crippen LogP contribution in [-0.2, 0) is 4.79 Å². The van der Waals surface area contributed by atoms with Crippen molar-refractivity contribution >= 4 is 5.91 Å². The van der Waals surface area contributed by atoms with Gasteiger partial charge >= 0.3 is 0 Å². The van der Waals surface area contributed by atoms with E-state index in [0.717, 1.165) is 12.3 Å². The Labute approximate surface area is 92.3 Å². The third-order valence-corrected chi connectivity index (χ3v) is 3.01. The fraction of sp³-hybridized carbons (Fsp3) is 0.917. The quantitative estimate of drug-likeness (QED) is 0.676. The van der Waals surface area contributed by atoms with Gasteiger partial charge in [-0.3, -0.25) is 4.79 Å². The molecule has 0 saturated heterocycles. The zero-order valence-electron chi connectivity index (χ0n) is 9.83. The number of rotatable bonds is 7. The van der Waals surface area contributed by atoms with Gasteiger partial charge in [0, 0.05) is 13.0 Å². The SMILES string of the molecule is CC(C)C(O)CCNC(=O)CCC1CC1. The van der Waals surface area contributed by atoms with Crippen molar-refractivity contribution in [1.29, 1.82) is 0 Å². The molecule has 1 aliphatic rings. The van der Waals surface area contributed by atoms with Gasteiger partial charge in [0.25, 0.3) is 0 Å². The molecular formula is C12H23NO2. The zero-order valence-corrected chi connectivity index (χ0v) is 9.83. The van der Waals surface area contributed by atoms with Gasteiger partial charge < -0.3 is 10.4 Å². The van der Waals surface area contributed by atoms with Crippen LogP contribution in [0.4, 0.5) is 0 Å². The summed E-state index contributed by atoms with van der Waals surface area (Å²) in [5.41, 5.74) is 0. The molecule has 0 bridgehead atoms. The first kappa shape index (κ1) is 12.5. The second-order valence-electron chi connectivity index (χ2n) is 4.93. The largest absolute Gasteiger partial charge is 0.393 e. The summed E-state index contributed by atoms with van der Waals surface area (Å²) in [5.74, 6) is 1.23. The first-order valence-electron chi connectivity index (χ1n) is 6.04. The number of aliphatic hydroxyl groups is 1. The molecule has 0 aromatic rings. The van der Waals surface area contributed by atoms with Crippen LogP contribution in [0.3, 0.4) is 0 Å². The van der Waals surface area contributed by atoms with Crippen LogP contribution < -0.4 is 5.32 Å². The summed E-state index contributed by atoms with van der Waals surface area (Å²) in [6.45, 7) is 4.57. The van der Waals surface area contributed by atoms with E-state index in [1.807, 2.05) is 13.8 Å². The van der Waals surface area contributed by atoms with Crippen molar-refractivity contribution in [3.05, 3.63) is 0 Å². The van der Waals surface area contributed by atoms with E-state index in [4.69, 9.17) is 0 Å². The van der Waals surface area contributed by atoms with E-state index in [0.29, 0.717) is 19.4 Å². The highest BCUT2D eigenvalue weighted by atomic mass is 16.3. The summed E-state index contributed by atoms with van der Waals surface area (Å²) in [4.78, 5) is 11.3. The molecule has 0 aromatic carbocycles. The summed E-state index contributed by atoms with van der Waals surface area (Å²) >= 11 is 0. The van der Waals surface area contributed by atoms with E-state index in [2.05, 4.69) is 5.32 Å². The van der Waals surface area contributed by atoms with Crippen molar-refractivity contribution in [2.24, 2.45) is 11.8 Å². The molecule has 15 heavy (non-hydrogen) atoms. The van der Waals surface area contributed by atoms with Crippen LogP contribution in [0.15, 0.2) is 0 Å². The summed E-state index contributed by atoms with van der Waals surface area (Å²) in [6, 6.07) is 0. The fourth-order valence-corrected chi connectivity index (χ4v) is 1.52. The maximum absolute atomic E-state index is 11.3. The Balaban J connectivity index is 1.95. The molecule has 0 aliphatic heterocycles. The normalized spacial score (nSPS) is 17.9. The van der Waals surface area contributed by atoms with Gasteiger partial charge in [0.05, 0.1) is 6.10 Å². The van der Waals surface area contributed by atoms with Gasteiger partial charge in [-0.25, -0.2) is 0 Å². The lowest BCUT2D eigenvalue weighted by Gasteiger charge is -2.14. The highest BCUT2D eigenvalue weighted by molar-refractivity contribution is 5.75. The second kappa shape index (κ2) is 6.11. The lowest BCUT2D eigenvalue weighted by atomic mass is 10.0. The van der Waals surface area contributed by atoms with Gasteiger partial charge in [0.15, 0.2) is 0 Å². The number of carbonyl (C=O) groups excluding carboxylic acids is 1. The number of aliphatic hydroxyl groups excluding tert-OH is 1. The summed E-state index contributed by atoms with van der Waals surface area (Å²) in [6.07, 6.45) is 4.67. The minimum Gasteiger partial charge on any atom is -0.393 e. The summed E-state index contributed by atoms with van der Waals surface area (Å²) < 4.78 is 0. The molecule has 1 aliphatic carbocycles. The Kier molecular flexibility index (Phi) is 5.09. The number of nitrogens with one attached hydrogen (secondary N) is 1. The Morgan fingerprint density at radius 1 is 1.47 bits per heavy atom. The van der Waals surface area contributed by atoms with Crippen molar-refractivity contribution in [2.75, 3.05) is 6.54 Å². The maximum atomic E-state index is 11.3. The molecule has 0 heterocycles. The first-order chi connectivity index (χ1) is 7.09. The Bertz CT molecular complexity index is 200. The molecule has 2 N–H and O–H groups in total. The van der Waals surface area contributed by atoms with E-state index < -0.39 is 0 Å². The summed E-state index contributed by atoms with van der Waals surface area (Å²) in [7, 11) is 0. The molecule has 1 unspecified atom stereocenters. The maximum Gasteiger partial charge on any atom is 0.220 e. The second-order valence-corrected chi connectivity index (χ2v) is 4.93. The highest BCUT2D eigenvalue weighted by Gasteiger charge is 2.21. The molecule has 1 fully saturated rings. The first-order valence-corrected chi connectivity index (χ1v) is 6.04. The number of amides is 1. The van der Waals surface area contributed by atoms with E-state index >= 15 is 0 Å². The molecule has 1 atom stereocenters. The molecule has 3 nitrogen and oxygen atoms in total. The van der Waals surface area contributed by atoms with Gasteiger partial charge in [-0.05, 0) is 24.7 Å².